The molecule has 22 heavy (non-hydrogen) atoms. The lowest BCUT2D eigenvalue weighted by molar-refractivity contribution is -0.385. The van der Waals surface area contributed by atoms with Gasteiger partial charge in [0.1, 0.15) is 5.56 Å². The quantitative estimate of drug-likeness (QED) is 0.678. The Balaban J connectivity index is 2.30. The zero-order valence-electron chi connectivity index (χ0n) is 11.8. The predicted octanol–water partition coefficient (Wildman–Crippen LogP) is 2.73. The molecule has 0 aliphatic heterocycles. The molecule has 114 valence electrons. The lowest BCUT2D eigenvalue weighted by Gasteiger charge is -2.10. The second kappa shape index (κ2) is 6.95. The molecule has 1 amide bonds. The SMILES string of the molecule is C[S@](=O)Cc1ccccc1NC(=O)c1ccccc1[N+](=O)[O-]. The predicted molar refractivity (Wildman–Crippen MR) is 85.3 cm³/mol. The van der Waals surface area contributed by atoms with Crippen molar-refractivity contribution in [1.29, 1.82) is 0 Å². The van der Waals surface area contributed by atoms with E-state index < -0.39 is 21.6 Å². The van der Waals surface area contributed by atoms with Gasteiger partial charge >= 0.3 is 0 Å². The number of para-hydroxylation sites is 2. The van der Waals surface area contributed by atoms with E-state index in [2.05, 4.69) is 5.32 Å². The van der Waals surface area contributed by atoms with Gasteiger partial charge in [0.15, 0.2) is 0 Å². The average molecular weight is 318 g/mol. The molecule has 7 heteroatoms. The minimum atomic E-state index is -1.06. The zero-order chi connectivity index (χ0) is 16.1. The van der Waals surface area contributed by atoms with Gasteiger partial charge in [-0.2, -0.15) is 0 Å². The van der Waals surface area contributed by atoms with Crippen molar-refractivity contribution >= 4 is 28.1 Å². The van der Waals surface area contributed by atoms with Crippen LogP contribution < -0.4 is 5.32 Å². The van der Waals surface area contributed by atoms with Crippen molar-refractivity contribution in [2.24, 2.45) is 0 Å². The molecular weight excluding hydrogens is 304 g/mol. The summed E-state index contributed by atoms with van der Waals surface area (Å²) in [5, 5.41) is 13.6. The van der Waals surface area contributed by atoms with Crippen LogP contribution in [0.4, 0.5) is 11.4 Å². The van der Waals surface area contributed by atoms with Crippen molar-refractivity contribution in [1.82, 2.24) is 0 Å². The van der Waals surface area contributed by atoms with Crippen LogP contribution in [-0.4, -0.2) is 21.3 Å². The van der Waals surface area contributed by atoms with Gasteiger partial charge in [0, 0.05) is 28.8 Å². The average Bonchev–Trinajstić information content (AvgIpc) is 2.48. The Morgan fingerprint density at radius 3 is 2.50 bits per heavy atom. The molecule has 2 aromatic carbocycles. The maximum absolute atomic E-state index is 12.3. The van der Waals surface area contributed by atoms with E-state index in [-0.39, 0.29) is 11.3 Å². The van der Waals surface area contributed by atoms with Crippen LogP contribution in [0.5, 0.6) is 0 Å². The monoisotopic (exact) mass is 318 g/mol. The summed E-state index contributed by atoms with van der Waals surface area (Å²) < 4.78 is 11.4. The molecule has 1 N–H and O–H groups in total. The molecule has 0 aliphatic carbocycles. The molecule has 2 aromatic rings. The first-order valence-electron chi connectivity index (χ1n) is 6.41. The number of nitro groups is 1. The summed E-state index contributed by atoms with van der Waals surface area (Å²) in [6.07, 6.45) is 1.57. The molecule has 0 saturated heterocycles. The van der Waals surface area contributed by atoms with Crippen LogP contribution in [0.3, 0.4) is 0 Å². The van der Waals surface area contributed by atoms with Crippen LogP contribution in [0.15, 0.2) is 48.5 Å². The smallest absolute Gasteiger partial charge is 0.282 e. The maximum Gasteiger partial charge on any atom is 0.282 e. The molecule has 0 spiro atoms. The molecule has 0 saturated carbocycles. The number of nitrogens with zero attached hydrogens (tertiary/aromatic N) is 1. The molecule has 0 unspecified atom stereocenters. The van der Waals surface area contributed by atoms with Gasteiger partial charge in [-0.3, -0.25) is 19.1 Å². The fourth-order valence-electron chi connectivity index (χ4n) is 2.00. The number of carbonyl (C=O) groups is 1. The molecule has 0 bridgehead atoms. The lowest BCUT2D eigenvalue weighted by atomic mass is 10.1. The van der Waals surface area contributed by atoms with Crippen LogP contribution in [0.25, 0.3) is 0 Å². The minimum absolute atomic E-state index is 0.0140. The topological polar surface area (TPSA) is 89.3 Å². The van der Waals surface area contributed by atoms with Gasteiger partial charge < -0.3 is 5.32 Å². The van der Waals surface area contributed by atoms with Crippen molar-refractivity contribution in [3.8, 4) is 0 Å². The highest BCUT2D eigenvalue weighted by atomic mass is 32.2. The Bertz CT molecular complexity index is 746. The fraction of sp³-hybridized carbons (Fsp3) is 0.133. The van der Waals surface area contributed by atoms with E-state index in [0.29, 0.717) is 11.4 Å². The number of hydrogen-bond acceptors (Lipinski definition) is 4. The Hall–Kier alpha value is -2.54. The van der Waals surface area contributed by atoms with E-state index in [4.69, 9.17) is 0 Å². The largest absolute Gasteiger partial charge is 0.321 e. The minimum Gasteiger partial charge on any atom is -0.321 e. The van der Waals surface area contributed by atoms with E-state index in [0.717, 1.165) is 5.56 Å². The molecule has 2 rings (SSSR count). The fourth-order valence-corrected chi connectivity index (χ4v) is 2.69. The van der Waals surface area contributed by atoms with Crippen molar-refractivity contribution < 1.29 is 13.9 Å². The zero-order valence-corrected chi connectivity index (χ0v) is 12.6. The first-order valence-corrected chi connectivity index (χ1v) is 8.14. The Morgan fingerprint density at radius 1 is 1.18 bits per heavy atom. The third-order valence-corrected chi connectivity index (χ3v) is 3.69. The second-order valence-electron chi connectivity index (χ2n) is 4.60. The van der Waals surface area contributed by atoms with Crippen LogP contribution in [0.1, 0.15) is 15.9 Å². The Kier molecular flexibility index (Phi) is 5.00. The van der Waals surface area contributed by atoms with Gasteiger partial charge in [0.05, 0.1) is 10.7 Å². The summed E-state index contributed by atoms with van der Waals surface area (Å²) in [6, 6.07) is 12.7. The van der Waals surface area contributed by atoms with E-state index in [9.17, 15) is 19.1 Å². The van der Waals surface area contributed by atoms with E-state index in [1.165, 1.54) is 18.2 Å². The molecule has 0 aliphatic rings. The third-order valence-electron chi connectivity index (χ3n) is 2.97. The molecule has 0 aromatic heterocycles. The summed E-state index contributed by atoms with van der Waals surface area (Å²) in [5.41, 5.74) is 0.951. The lowest BCUT2D eigenvalue weighted by Crippen LogP contribution is -2.15. The normalized spacial score (nSPS) is 11.7. The molecule has 6 nitrogen and oxygen atoms in total. The maximum atomic E-state index is 12.3. The van der Waals surface area contributed by atoms with Crippen molar-refractivity contribution in [2.45, 2.75) is 5.75 Å². The number of hydrogen-bond donors (Lipinski definition) is 1. The highest BCUT2D eigenvalue weighted by molar-refractivity contribution is 7.83. The third kappa shape index (κ3) is 3.76. The first-order chi connectivity index (χ1) is 10.5. The van der Waals surface area contributed by atoms with Crippen LogP contribution in [-0.2, 0) is 16.6 Å². The number of nitro benzene ring substituents is 1. The van der Waals surface area contributed by atoms with Crippen molar-refractivity contribution in [2.75, 3.05) is 11.6 Å². The van der Waals surface area contributed by atoms with Gasteiger partial charge in [0.2, 0.25) is 0 Å². The van der Waals surface area contributed by atoms with E-state index in [1.54, 1.807) is 36.6 Å². The van der Waals surface area contributed by atoms with Crippen LogP contribution in [0.2, 0.25) is 0 Å². The molecule has 0 radical (unpaired) electrons. The summed E-state index contributed by atoms with van der Waals surface area (Å²) in [6.45, 7) is 0. The Morgan fingerprint density at radius 2 is 1.82 bits per heavy atom. The molecular formula is C15H14N2O4S. The number of nitrogens with one attached hydrogen (secondary N) is 1. The molecule has 1 atom stereocenters. The number of amides is 1. The summed E-state index contributed by atoms with van der Waals surface area (Å²) >= 11 is 0. The number of benzene rings is 2. The highest BCUT2D eigenvalue weighted by Gasteiger charge is 2.19. The van der Waals surface area contributed by atoms with Crippen molar-refractivity contribution in [3.63, 3.8) is 0 Å². The van der Waals surface area contributed by atoms with Crippen LogP contribution in [0, 0.1) is 10.1 Å². The molecule has 0 fully saturated rings. The summed E-state index contributed by atoms with van der Waals surface area (Å²) in [5.74, 6) is -0.269. The summed E-state index contributed by atoms with van der Waals surface area (Å²) in [7, 11) is -1.06. The van der Waals surface area contributed by atoms with E-state index in [1.807, 2.05) is 0 Å². The number of carbonyl (C=O) groups excluding carboxylic acids is 1. The number of rotatable bonds is 5. The van der Waals surface area contributed by atoms with Gasteiger partial charge in [-0.1, -0.05) is 30.3 Å². The standard InChI is InChI=1S/C15H14N2O4S/c1-22(21)10-11-6-2-4-8-13(11)16-15(18)12-7-3-5-9-14(12)17(19)20/h2-9H,10H2,1H3,(H,16,18)/t22-/m0/s1. The summed E-state index contributed by atoms with van der Waals surface area (Å²) in [4.78, 5) is 22.7. The van der Waals surface area contributed by atoms with E-state index >= 15 is 0 Å². The Labute approximate surface area is 129 Å². The van der Waals surface area contributed by atoms with Gasteiger partial charge in [-0.05, 0) is 17.7 Å². The molecule has 0 heterocycles. The van der Waals surface area contributed by atoms with Gasteiger partial charge in [0.25, 0.3) is 11.6 Å². The van der Waals surface area contributed by atoms with Gasteiger partial charge in [-0.25, -0.2) is 0 Å². The van der Waals surface area contributed by atoms with Crippen molar-refractivity contribution in [3.05, 3.63) is 69.8 Å². The number of anilines is 1. The highest BCUT2D eigenvalue weighted by Crippen LogP contribution is 2.21. The second-order valence-corrected chi connectivity index (χ2v) is 6.04. The first kappa shape index (κ1) is 15.8. The van der Waals surface area contributed by atoms with Gasteiger partial charge in [-0.15, -0.1) is 0 Å². The van der Waals surface area contributed by atoms with Crippen LogP contribution >= 0.6 is 0 Å².